The summed E-state index contributed by atoms with van der Waals surface area (Å²) in [4.78, 5) is 2.25. The average molecular weight is 272 g/mol. The van der Waals surface area contributed by atoms with Crippen LogP contribution in [0.1, 0.15) is 25.5 Å². The van der Waals surface area contributed by atoms with Gasteiger partial charge in [-0.1, -0.05) is 41.9 Å². The molecule has 1 N–H and O–H groups in total. The zero-order valence-electron chi connectivity index (χ0n) is 9.28. The summed E-state index contributed by atoms with van der Waals surface area (Å²) < 4.78 is 1.07. The Balaban J connectivity index is 2.86. The smallest absolute Gasteiger partial charge is 0.0628 e. The number of hydrogen-bond acceptors (Lipinski definition) is 2. The van der Waals surface area contributed by atoms with Gasteiger partial charge in [0.05, 0.1) is 12.6 Å². The van der Waals surface area contributed by atoms with Crippen molar-refractivity contribution >= 4 is 15.9 Å². The molecule has 1 atom stereocenters. The van der Waals surface area contributed by atoms with E-state index in [1.165, 1.54) is 5.56 Å². The Kier molecular flexibility index (Phi) is 5.29. The molecule has 15 heavy (non-hydrogen) atoms. The van der Waals surface area contributed by atoms with E-state index in [0.717, 1.165) is 17.6 Å². The molecule has 0 spiro atoms. The number of likely N-dealkylation sites (N-methyl/N-ethyl adjacent to an activating group) is 1. The lowest BCUT2D eigenvalue weighted by Crippen LogP contribution is -2.30. The number of hydrogen-bond donors (Lipinski definition) is 1. The first-order chi connectivity index (χ1) is 7.22. The summed E-state index contributed by atoms with van der Waals surface area (Å²) in [5, 5.41) is 9.43. The minimum absolute atomic E-state index is 0.119. The molecule has 2 nitrogen and oxygen atoms in total. The van der Waals surface area contributed by atoms with Crippen molar-refractivity contribution in [3.05, 3.63) is 34.3 Å². The zero-order valence-corrected chi connectivity index (χ0v) is 10.9. The van der Waals surface area contributed by atoms with E-state index in [1.54, 1.807) is 0 Å². The second kappa shape index (κ2) is 6.26. The van der Waals surface area contributed by atoms with Crippen molar-refractivity contribution in [1.82, 2.24) is 4.90 Å². The summed E-state index contributed by atoms with van der Waals surface area (Å²) in [6.45, 7) is 6.31. The first kappa shape index (κ1) is 12.7. The maximum Gasteiger partial charge on any atom is 0.0628 e. The van der Waals surface area contributed by atoms with Gasteiger partial charge >= 0.3 is 0 Å². The van der Waals surface area contributed by atoms with Gasteiger partial charge in [-0.05, 0) is 30.8 Å². The van der Waals surface area contributed by atoms with Crippen LogP contribution < -0.4 is 0 Å². The molecule has 3 heteroatoms. The summed E-state index contributed by atoms with van der Waals surface area (Å²) >= 11 is 3.41. The maximum absolute atomic E-state index is 9.43. The molecule has 0 aliphatic carbocycles. The molecule has 1 aromatic rings. The summed E-state index contributed by atoms with van der Waals surface area (Å²) in [7, 11) is 0. The topological polar surface area (TPSA) is 23.5 Å². The van der Waals surface area contributed by atoms with E-state index in [0.29, 0.717) is 0 Å². The Morgan fingerprint density at radius 1 is 1.20 bits per heavy atom. The van der Waals surface area contributed by atoms with Gasteiger partial charge in [0.1, 0.15) is 0 Å². The monoisotopic (exact) mass is 271 g/mol. The van der Waals surface area contributed by atoms with Crippen molar-refractivity contribution in [3.8, 4) is 0 Å². The van der Waals surface area contributed by atoms with E-state index in [4.69, 9.17) is 0 Å². The van der Waals surface area contributed by atoms with Crippen LogP contribution >= 0.6 is 15.9 Å². The molecular formula is C12H18BrNO. The van der Waals surface area contributed by atoms with E-state index >= 15 is 0 Å². The molecule has 0 aromatic heterocycles. The van der Waals surface area contributed by atoms with E-state index in [2.05, 4.69) is 46.8 Å². The summed E-state index contributed by atoms with van der Waals surface area (Å²) in [6, 6.07) is 8.27. The average Bonchev–Trinajstić information content (AvgIpc) is 2.27. The van der Waals surface area contributed by atoms with Crippen molar-refractivity contribution in [2.24, 2.45) is 0 Å². The van der Waals surface area contributed by atoms with E-state index in [9.17, 15) is 5.11 Å². The Labute approximate surface area is 100 Å². The number of rotatable bonds is 5. The van der Waals surface area contributed by atoms with Crippen molar-refractivity contribution in [2.75, 3.05) is 19.7 Å². The van der Waals surface area contributed by atoms with Crippen LogP contribution in [-0.2, 0) is 0 Å². The minimum atomic E-state index is 0.119. The van der Waals surface area contributed by atoms with Gasteiger partial charge < -0.3 is 5.11 Å². The molecule has 0 amide bonds. The first-order valence-corrected chi connectivity index (χ1v) is 6.12. The SMILES string of the molecule is CCN(CC)C(CO)c1ccc(Br)cc1. The highest BCUT2D eigenvalue weighted by Gasteiger charge is 2.16. The van der Waals surface area contributed by atoms with Crippen molar-refractivity contribution in [1.29, 1.82) is 0 Å². The number of halogens is 1. The highest BCUT2D eigenvalue weighted by atomic mass is 79.9. The van der Waals surface area contributed by atoms with Gasteiger partial charge in [0.25, 0.3) is 0 Å². The second-order valence-corrected chi connectivity index (χ2v) is 4.39. The number of aliphatic hydroxyl groups is 1. The van der Waals surface area contributed by atoms with Crippen LogP contribution in [0.15, 0.2) is 28.7 Å². The van der Waals surface area contributed by atoms with Crippen LogP contribution in [0.2, 0.25) is 0 Å². The molecule has 0 saturated heterocycles. The lowest BCUT2D eigenvalue weighted by atomic mass is 10.1. The van der Waals surface area contributed by atoms with Crippen molar-refractivity contribution in [3.63, 3.8) is 0 Å². The molecule has 0 aliphatic rings. The van der Waals surface area contributed by atoms with Crippen LogP contribution in [0, 0.1) is 0 Å². The molecule has 1 unspecified atom stereocenters. The third kappa shape index (κ3) is 3.30. The van der Waals surface area contributed by atoms with Crippen LogP contribution in [0.25, 0.3) is 0 Å². The van der Waals surface area contributed by atoms with Gasteiger partial charge in [0, 0.05) is 4.47 Å². The van der Waals surface area contributed by atoms with E-state index in [-0.39, 0.29) is 12.6 Å². The highest BCUT2D eigenvalue weighted by Crippen LogP contribution is 2.21. The van der Waals surface area contributed by atoms with Crippen LogP contribution in [-0.4, -0.2) is 29.7 Å². The summed E-state index contributed by atoms with van der Waals surface area (Å²) in [6.07, 6.45) is 0. The Bertz CT molecular complexity index is 282. The number of nitrogens with zero attached hydrogens (tertiary/aromatic N) is 1. The Hall–Kier alpha value is -0.380. The fraction of sp³-hybridized carbons (Fsp3) is 0.500. The van der Waals surface area contributed by atoms with Crippen molar-refractivity contribution in [2.45, 2.75) is 19.9 Å². The molecular weight excluding hydrogens is 254 g/mol. The highest BCUT2D eigenvalue weighted by molar-refractivity contribution is 9.10. The lowest BCUT2D eigenvalue weighted by molar-refractivity contribution is 0.134. The van der Waals surface area contributed by atoms with Crippen LogP contribution in [0.3, 0.4) is 0 Å². The summed E-state index contributed by atoms with van der Waals surface area (Å²) in [5.74, 6) is 0. The normalized spacial score (nSPS) is 13.1. The van der Waals surface area contributed by atoms with Gasteiger partial charge in [-0.2, -0.15) is 0 Å². The van der Waals surface area contributed by atoms with Gasteiger partial charge in [-0.3, -0.25) is 4.90 Å². The van der Waals surface area contributed by atoms with Crippen LogP contribution in [0.4, 0.5) is 0 Å². The Morgan fingerprint density at radius 3 is 2.13 bits per heavy atom. The molecule has 0 bridgehead atoms. The number of aliphatic hydroxyl groups excluding tert-OH is 1. The predicted molar refractivity (Wildman–Crippen MR) is 66.9 cm³/mol. The molecule has 0 heterocycles. The third-order valence-corrected chi connectivity index (χ3v) is 3.21. The van der Waals surface area contributed by atoms with E-state index in [1.807, 2.05) is 12.1 Å². The summed E-state index contributed by atoms with van der Waals surface area (Å²) in [5.41, 5.74) is 1.17. The second-order valence-electron chi connectivity index (χ2n) is 3.47. The van der Waals surface area contributed by atoms with E-state index < -0.39 is 0 Å². The van der Waals surface area contributed by atoms with Crippen LogP contribution in [0.5, 0.6) is 0 Å². The third-order valence-electron chi connectivity index (χ3n) is 2.68. The lowest BCUT2D eigenvalue weighted by Gasteiger charge is -2.28. The fourth-order valence-corrected chi connectivity index (χ4v) is 2.05. The molecule has 0 aliphatic heterocycles. The Morgan fingerprint density at radius 2 is 1.73 bits per heavy atom. The fourth-order valence-electron chi connectivity index (χ4n) is 1.78. The standard InChI is InChI=1S/C12H18BrNO/c1-3-14(4-2)12(9-15)10-5-7-11(13)8-6-10/h5-8,12,15H,3-4,9H2,1-2H3. The molecule has 1 rings (SSSR count). The molecule has 0 fully saturated rings. The van der Waals surface area contributed by atoms with Gasteiger partial charge in [0.2, 0.25) is 0 Å². The number of benzene rings is 1. The van der Waals surface area contributed by atoms with Gasteiger partial charge in [0.15, 0.2) is 0 Å². The quantitative estimate of drug-likeness (QED) is 0.891. The van der Waals surface area contributed by atoms with Gasteiger partial charge in [-0.25, -0.2) is 0 Å². The largest absolute Gasteiger partial charge is 0.394 e. The minimum Gasteiger partial charge on any atom is -0.394 e. The molecule has 1 aromatic carbocycles. The van der Waals surface area contributed by atoms with Crippen molar-refractivity contribution < 1.29 is 5.11 Å². The molecule has 84 valence electrons. The predicted octanol–water partition coefficient (Wildman–Crippen LogP) is 2.82. The maximum atomic E-state index is 9.43. The molecule has 0 saturated carbocycles. The molecule has 0 radical (unpaired) electrons. The zero-order chi connectivity index (χ0) is 11.3. The van der Waals surface area contributed by atoms with Gasteiger partial charge in [-0.15, -0.1) is 0 Å². The first-order valence-electron chi connectivity index (χ1n) is 5.33.